The van der Waals surface area contributed by atoms with Crippen LogP contribution in [0.5, 0.6) is 0 Å². The lowest BCUT2D eigenvalue weighted by Gasteiger charge is -2.02. The molecular weight excluding hydrogens is 246 g/mol. The van der Waals surface area contributed by atoms with Crippen LogP contribution in [0.1, 0.15) is 0 Å². The Morgan fingerprint density at radius 2 is 1.94 bits per heavy atom. The van der Waals surface area contributed by atoms with E-state index >= 15 is 0 Å². The lowest BCUT2D eigenvalue weighted by molar-refractivity contribution is 0.252. The highest BCUT2D eigenvalue weighted by molar-refractivity contribution is 7.99. The van der Waals surface area contributed by atoms with Crippen LogP contribution in [-0.2, 0) is 0 Å². The molecule has 2 aromatic rings. The van der Waals surface area contributed by atoms with Gasteiger partial charge in [0.1, 0.15) is 0 Å². The van der Waals surface area contributed by atoms with Gasteiger partial charge in [-0.25, -0.2) is 4.98 Å². The van der Waals surface area contributed by atoms with Crippen LogP contribution in [0.25, 0.3) is 11.1 Å². The zero-order valence-electron chi connectivity index (χ0n) is 8.56. The summed E-state index contributed by atoms with van der Waals surface area (Å²) in [5.74, 6) is -2.44. The molecule has 0 radical (unpaired) electrons. The molecule has 0 unspecified atom stereocenters. The first-order chi connectivity index (χ1) is 8.16. The zero-order chi connectivity index (χ0) is 12.3. The molecule has 0 aliphatic carbocycles. The summed E-state index contributed by atoms with van der Waals surface area (Å²) < 4.78 is 24.2. The predicted molar refractivity (Wildman–Crippen MR) is 62.2 cm³/mol. The largest absolute Gasteiger partial charge is 0.313 e. The molecule has 0 bridgehead atoms. The van der Waals surface area contributed by atoms with Gasteiger partial charge in [-0.1, -0.05) is 23.9 Å². The molecule has 0 fully saturated rings. The first-order valence-electron chi connectivity index (χ1n) is 4.75. The first kappa shape index (κ1) is 11.8. The number of alkyl halides is 2. The van der Waals surface area contributed by atoms with Crippen molar-refractivity contribution < 1.29 is 8.78 Å². The standard InChI is InChI=1S/C11H8F2N2OS/c12-11(13)17-8-3-1-7(2-4-8)9-5-14-6-15-10(9)16/h1-6,11H,(H,14,15,16). The molecule has 2 rings (SSSR count). The van der Waals surface area contributed by atoms with Gasteiger partial charge in [0.25, 0.3) is 11.3 Å². The van der Waals surface area contributed by atoms with Crippen LogP contribution in [0.15, 0.2) is 46.5 Å². The van der Waals surface area contributed by atoms with Gasteiger partial charge in [-0.15, -0.1) is 0 Å². The number of H-pyrrole nitrogens is 1. The molecule has 17 heavy (non-hydrogen) atoms. The Morgan fingerprint density at radius 1 is 1.24 bits per heavy atom. The summed E-state index contributed by atoms with van der Waals surface area (Å²) in [6.07, 6.45) is 2.74. The van der Waals surface area contributed by atoms with Crippen LogP contribution in [0.2, 0.25) is 0 Å². The van der Waals surface area contributed by atoms with Gasteiger partial charge in [0, 0.05) is 11.1 Å². The summed E-state index contributed by atoms with van der Waals surface area (Å²) in [5, 5.41) is 0. The van der Waals surface area contributed by atoms with Crippen LogP contribution >= 0.6 is 11.8 Å². The van der Waals surface area contributed by atoms with E-state index in [1.807, 2.05) is 0 Å². The molecule has 0 aliphatic heterocycles. The number of aromatic amines is 1. The third kappa shape index (κ3) is 2.91. The number of halogens is 2. The van der Waals surface area contributed by atoms with E-state index in [-0.39, 0.29) is 5.56 Å². The molecule has 1 aromatic heterocycles. The van der Waals surface area contributed by atoms with E-state index in [4.69, 9.17) is 0 Å². The van der Waals surface area contributed by atoms with E-state index < -0.39 is 5.76 Å². The monoisotopic (exact) mass is 254 g/mol. The normalized spacial score (nSPS) is 10.8. The second-order valence-electron chi connectivity index (χ2n) is 3.20. The van der Waals surface area contributed by atoms with Crippen LogP contribution in [0, 0.1) is 0 Å². The van der Waals surface area contributed by atoms with E-state index in [0.717, 1.165) is 0 Å². The van der Waals surface area contributed by atoms with Gasteiger partial charge in [-0.2, -0.15) is 8.78 Å². The quantitative estimate of drug-likeness (QED) is 0.857. The molecule has 0 spiro atoms. The van der Waals surface area contributed by atoms with Crippen molar-refractivity contribution in [2.24, 2.45) is 0 Å². The number of rotatable bonds is 3. The molecule has 0 saturated carbocycles. The number of hydrogen-bond donors (Lipinski definition) is 1. The Morgan fingerprint density at radius 3 is 2.53 bits per heavy atom. The van der Waals surface area contributed by atoms with E-state index in [1.54, 1.807) is 24.3 Å². The molecule has 1 aromatic carbocycles. The maximum absolute atomic E-state index is 12.1. The Bertz CT molecular complexity index is 554. The van der Waals surface area contributed by atoms with Crippen LogP contribution < -0.4 is 5.56 Å². The molecule has 0 saturated heterocycles. The van der Waals surface area contributed by atoms with Gasteiger partial charge in [0.2, 0.25) is 0 Å². The molecular formula is C11H8F2N2OS. The van der Waals surface area contributed by atoms with Crippen molar-refractivity contribution >= 4 is 11.8 Å². The minimum Gasteiger partial charge on any atom is -0.313 e. The van der Waals surface area contributed by atoms with Crippen LogP contribution in [-0.4, -0.2) is 15.7 Å². The van der Waals surface area contributed by atoms with Gasteiger partial charge in [0.15, 0.2) is 0 Å². The fourth-order valence-corrected chi connectivity index (χ4v) is 1.86. The summed E-state index contributed by atoms with van der Waals surface area (Å²) in [4.78, 5) is 18.2. The molecule has 1 N–H and O–H groups in total. The van der Waals surface area contributed by atoms with Crippen molar-refractivity contribution in [2.75, 3.05) is 0 Å². The first-order valence-corrected chi connectivity index (χ1v) is 5.63. The third-order valence-electron chi connectivity index (χ3n) is 2.11. The molecule has 3 nitrogen and oxygen atoms in total. The average molecular weight is 254 g/mol. The van der Waals surface area contributed by atoms with E-state index in [2.05, 4.69) is 9.97 Å². The van der Waals surface area contributed by atoms with E-state index in [9.17, 15) is 13.6 Å². The van der Waals surface area contributed by atoms with Crippen molar-refractivity contribution in [3.8, 4) is 11.1 Å². The van der Waals surface area contributed by atoms with Gasteiger partial charge >= 0.3 is 0 Å². The van der Waals surface area contributed by atoms with Gasteiger partial charge in [0.05, 0.1) is 11.9 Å². The second-order valence-corrected chi connectivity index (χ2v) is 4.26. The maximum atomic E-state index is 12.1. The smallest absolute Gasteiger partial charge is 0.288 e. The van der Waals surface area contributed by atoms with Crippen LogP contribution in [0.3, 0.4) is 0 Å². The lowest BCUT2D eigenvalue weighted by Crippen LogP contribution is -2.08. The third-order valence-corrected chi connectivity index (χ3v) is 2.83. The number of nitrogens with one attached hydrogen (secondary N) is 1. The molecule has 0 atom stereocenters. The molecule has 0 aliphatic rings. The van der Waals surface area contributed by atoms with E-state index in [0.29, 0.717) is 27.8 Å². The Kier molecular flexibility index (Phi) is 3.53. The van der Waals surface area contributed by atoms with Crippen molar-refractivity contribution in [2.45, 2.75) is 10.7 Å². The fourth-order valence-electron chi connectivity index (χ4n) is 1.37. The number of hydrogen-bond acceptors (Lipinski definition) is 3. The Balaban J connectivity index is 2.30. The number of nitrogens with zero attached hydrogens (tertiary/aromatic N) is 1. The summed E-state index contributed by atoms with van der Waals surface area (Å²) in [7, 11) is 0. The average Bonchev–Trinajstić information content (AvgIpc) is 2.30. The highest BCUT2D eigenvalue weighted by Crippen LogP contribution is 2.26. The van der Waals surface area contributed by atoms with Crippen molar-refractivity contribution in [3.63, 3.8) is 0 Å². The fraction of sp³-hybridized carbons (Fsp3) is 0.0909. The summed E-state index contributed by atoms with van der Waals surface area (Å²) >= 11 is 0.472. The summed E-state index contributed by atoms with van der Waals surface area (Å²) in [6, 6.07) is 6.35. The van der Waals surface area contributed by atoms with Gasteiger partial charge in [-0.3, -0.25) is 4.79 Å². The minimum absolute atomic E-state index is 0.255. The Labute approximate surface area is 99.9 Å². The van der Waals surface area contributed by atoms with Crippen LogP contribution in [0.4, 0.5) is 8.78 Å². The topological polar surface area (TPSA) is 45.8 Å². The molecule has 0 amide bonds. The Hall–Kier alpha value is -1.69. The highest BCUT2D eigenvalue weighted by Gasteiger charge is 2.06. The lowest BCUT2D eigenvalue weighted by atomic mass is 10.1. The minimum atomic E-state index is -2.44. The molecule has 1 heterocycles. The van der Waals surface area contributed by atoms with Gasteiger partial charge in [-0.05, 0) is 17.7 Å². The highest BCUT2D eigenvalue weighted by atomic mass is 32.2. The van der Waals surface area contributed by atoms with Crippen molar-refractivity contribution in [3.05, 3.63) is 47.1 Å². The zero-order valence-corrected chi connectivity index (χ0v) is 9.38. The van der Waals surface area contributed by atoms with Gasteiger partial charge < -0.3 is 4.98 Å². The summed E-state index contributed by atoms with van der Waals surface area (Å²) in [6.45, 7) is 0. The summed E-state index contributed by atoms with van der Waals surface area (Å²) in [5.41, 5.74) is 0.813. The maximum Gasteiger partial charge on any atom is 0.288 e. The van der Waals surface area contributed by atoms with Crippen molar-refractivity contribution in [1.82, 2.24) is 9.97 Å². The SMILES string of the molecule is O=c1[nH]cncc1-c1ccc(SC(F)F)cc1. The number of aromatic nitrogens is 2. The number of thioether (sulfide) groups is 1. The molecule has 88 valence electrons. The van der Waals surface area contributed by atoms with E-state index in [1.165, 1.54) is 12.5 Å². The molecule has 6 heteroatoms. The second kappa shape index (κ2) is 5.09. The predicted octanol–water partition coefficient (Wildman–Crippen LogP) is 2.75. The van der Waals surface area contributed by atoms with Crippen molar-refractivity contribution in [1.29, 1.82) is 0 Å². The number of benzene rings is 1.